The van der Waals surface area contributed by atoms with Crippen LogP contribution in [0, 0.1) is 0 Å². The zero-order valence-electron chi connectivity index (χ0n) is 20.8. The van der Waals surface area contributed by atoms with Crippen LogP contribution >= 0.6 is 7.82 Å². The van der Waals surface area contributed by atoms with E-state index in [1.54, 1.807) is 0 Å². The van der Waals surface area contributed by atoms with Crippen LogP contribution < -0.4 is 11.2 Å². The van der Waals surface area contributed by atoms with Crippen molar-refractivity contribution < 1.29 is 28.3 Å². The fourth-order valence-electron chi connectivity index (χ4n) is 4.11. The molecule has 1 aliphatic heterocycles. The van der Waals surface area contributed by atoms with Gasteiger partial charge in [-0.15, -0.1) is 0 Å². The number of nitrogens with one attached hydrogen (secondary N) is 1. The molecule has 3 N–H and O–H groups in total. The summed E-state index contributed by atoms with van der Waals surface area (Å²) in [5, 5.41) is 3.57. The summed E-state index contributed by atoms with van der Waals surface area (Å²) in [5.41, 5.74) is 7.73. The third kappa shape index (κ3) is 11.0. The lowest BCUT2D eigenvalue weighted by atomic mass is 10.1. The zero-order valence-corrected chi connectivity index (χ0v) is 21.7. The Kier molecular flexibility index (Phi) is 13.4. The van der Waals surface area contributed by atoms with Crippen molar-refractivity contribution in [2.45, 2.75) is 103 Å². The van der Waals surface area contributed by atoms with E-state index < -0.39 is 44.1 Å². The number of hydrogen-bond acceptors (Lipinski definition) is 7. The smallest absolute Gasteiger partial charge is 0.377 e. The summed E-state index contributed by atoms with van der Waals surface area (Å²) in [6.45, 7) is 2.20. The van der Waals surface area contributed by atoms with Crippen LogP contribution in [0.2, 0.25) is 0 Å². The molecule has 0 saturated carbocycles. The lowest BCUT2D eigenvalue weighted by Gasteiger charge is -2.17. The molecule has 2 heterocycles. The van der Waals surface area contributed by atoms with Gasteiger partial charge in [0, 0.05) is 24.1 Å². The Morgan fingerprint density at radius 3 is 2.42 bits per heavy atom. The fourth-order valence-corrected chi connectivity index (χ4v) is 4.45. The number of unbranched alkanes of at least 4 members (excludes halogenated alkanes) is 9. The Balaban J connectivity index is 1.82. The van der Waals surface area contributed by atoms with E-state index in [1.807, 2.05) is 0 Å². The molecule has 0 spiro atoms. The van der Waals surface area contributed by atoms with E-state index >= 15 is 0 Å². The monoisotopic (exact) mass is 531 g/mol. The zero-order chi connectivity index (χ0) is 26.4. The predicted molar refractivity (Wildman–Crippen MR) is 132 cm³/mol. The number of phosphoric acid groups is 1. The largest absolute Gasteiger partial charge is 0.469 e. The van der Waals surface area contributed by atoms with Crippen LogP contribution in [-0.2, 0) is 25.2 Å². The Bertz CT molecular complexity index is 1000. The number of ether oxygens (including phenoxy) is 2. The maximum Gasteiger partial charge on any atom is 0.469 e. The molecule has 14 heteroatoms. The van der Waals surface area contributed by atoms with Crippen LogP contribution in [0.1, 0.15) is 89.3 Å². The maximum atomic E-state index is 12.4. The number of azide groups is 1. The van der Waals surface area contributed by atoms with Gasteiger partial charge >= 0.3 is 13.5 Å². The number of hydrogen-bond donors (Lipinski definition) is 3. The van der Waals surface area contributed by atoms with Crippen molar-refractivity contribution in [3.8, 4) is 0 Å². The predicted octanol–water partition coefficient (Wildman–Crippen LogP) is 4.05. The average molecular weight is 532 g/mol. The van der Waals surface area contributed by atoms with E-state index in [0.29, 0.717) is 6.61 Å². The SMILES string of the molecule is CCCCCCCCCCCCOCc1cn([C@H]2CC(N=[N+]=[N-])[C@@H](COP(=O)(O)O)O2)c(=O)[nH]c1=O. The molecule has 1 fully saturated rings. The molecule has 1 aliphatic rings. The van der Waals surface area contributed by atoms with Crippen molar-refractivity contribution in [2.75, 3.05) is 13.2 Å². The van der Waals surface area contributed by atoms with Crippen molar-refractivity contribution in [1.29, 1.82) is 0 Å². The van der Waals surface area contributed by atoms with E-state index in [0.717, 1.165) is 23.8 Å². The van der Waals surface area contributed by atoms with Crippen molar-refractivity contribution in [2.24, 2.45) is 5.11 Å². The van der Waals surface area contributed by atoms with Gasteiger partial charge in [-0.1, -0.05) is 69.8 Å². The second kappa shape index (κ2) is 16.0. The summed E-state index contributed by atoms with van der Waals surface area (Å²) < 4.78 is 27.9. The molecular weight excluding hydrogens is 493 g/mol. The van der Waals surface area contributed by atoms with Crippen LogP contribution in [0.15, 0.2) is 20.9 Å². The van der Waals surface area contributed by atoms with Crippen molar-refractivity contribution in [1.82, 2.24) is 9.55 Å². The first-order chi connectivity index (χ1) is 17.2. The van der Waals surface area contributed by atoms with Gasteiger partial charge in [-0.05, 0) is 12.0 Å². The van der Waals surface area contributed by atoms with E-state index in [9.17, 15) is 14.2 Å². The third-order valence-corrected chi connectivity index (χ3v) is 6.55. The van der Waals surface area contributed by atoms with Crippen LogP contribution in [0.5, 0.6) is 0 Å². The summed E-state index contributed by atoms with van der Waals surface area (Å²) in [6, 6.07) is -0.818. The van der Waals surface area contributed by atoms with Gasteiger partial charge in [0.15, 0.2) is 0 Å². The van der Waals surface area contributed by atoms with Crippen molar-refractivity contribution in [3.05, 3.63) is 43.0 Å². The molecule has 1 aromatic heterocycles. The molecule has 1 unspecified atom stereocenters. The maximum absolute atomic E-state index is 12.4. The molecular formula is C22H38N5O8P. The summed E-state index contributed by atoms with van der Waals surface area (Å²) in [6.07, 6.45) is 11.6. The number of aromatic amines is 1. The third-order valence-electron chi connectivity index (χ3n) is 6.06. The molecule has 1 aromatic rings. The van der Waals surface area contributed by atoms with Crippen LogP contribution in [0.3, 0.4) is 0 Å². The minimum Gasteiger partial charge on any atom is -0.377 e. The van der Waals surface area contributed by atoms with Crippen LogP contribution in [0.4, 0.5) is 0 Å². The number of phosphoric ester groups is 1. The molecule has 0 aliphatic carbocycles. The molecule has 13 nitrogen and oxygen atoms in total. The molecule has 0 bridgehead atoms. The lowest BCUT2D eigenvalue weighted by Crippen LogP contribution is -2.34. The van der Waals surface area contributed by atoms with Crippen molar-refractivity contribution in [3.63, 3.8) is 0 Å². The molecule has 3 atom stereocenters. The topological polar surface area (TPSA) is 189 Å². The molecule has 36 heavy (non-hydrogen) atoms. The highest BCUT2D eigenvalue weighted by Gasteiger charge is 2.37. The minimum atomic E-state index is -4.76. The minimum absolute atomic E-state index is 0.0181. The second-order valence-electron chi connectivity index (χ2n) is 8.98. The lowest BCUT2D eigenvalue weighted by molar-refractivity contribution is -0.0270. The van der Waals surface area contributed by atoms with E-state index in [1.165, 1.54) is 51.1 Å². The van der Waals surface area contributed by atoms with Gasteiger partial charge in [0.05, 0.1) is 30.9 Å². The normalized spacial score (nSPS) is 19.9. The number of aromatic nitrogens is 2. The summed E-state index contributed by atoms with van der Waals surface area (Å²) in [7, 11) is -4.76. The standard InChI is InChI=1S/C22H38N5O8P/c1-2-3-4-5-6-7-8-9-10-11-12-33-15-17-14-27(22(29)24-21(17)28)20-13-18(25-26-23)19(35-20)16-34-36(30,31)32/h14,18-20H,2-13,15-16H2,1H3,(H,24,28,29)(H2,30,31,32)/t18?,19-,20-/m1/s1. The van der Waals surface area contributed by atoms with E-state index in [4.69, 9.17) is 24.8 Å². The van der Waals surface area contributed by atoms with Gasteiger partial charge in [-0.25, -0.2) is 9.36 Å². The molecule has 1 saturated heterocycles. The Labute approximate surface area is 210 Å². The van der Waals surface area contributed by atoms with Crippen LogP contribution in [0.25, 0.3) is 10.4 Å². The number of H-pyrrole nitrogens is 1. The summed E-state index contributed by atoms with van der Waals surface area (Å²) in [4.78, 5) is 47.4. The highest BCUT2D eigenvalue weighted by Crippen LogP contribution is 2.38. The highest BCUT2D eigenvalue weighted by atomic mass is 31.2. The van der Waals surface area contributed by atoms with E-state index in [2.05, 4.69) is 26.5 Å². The molecule has 0 amide bonds. The van der Waals surface area contributed by atoms with Gasteiger partial charge in [0.1, 0.15) is 6.23 Å². The first-order valence-electron chi connectivity index (χ1n) is 12.6. The average Bonchev–Trinajstić information content (AvgIpc) is 3.22. The quantitative estimate of drug-likeness (QED) is 0.0831. The van der Waals surface area contributed by atoms with E-state index in [-0.39, 0.29) is 18.6 Å². The number of nitrogens with zero attached hydrogens (tertiary/aromatic N) is 4. The van der Waals surface area contributed by atoms with Gasteiger partial charge < -0.3 is 19.3 Å². The Hall–Kier alpha value is -1.98. The van der Waals surface area contributed by atoms with Gasteiger partial charge in [-0.2, -0.15) is 0 Å². The Morgan fingerprint density at radius 1 is 1.17 bits per heavy atom. The summed E-state index contributed by atoms with van der Waals surface area (Å²) in [5.74, 6) is 0. The van der Waals surface area contributed by atoms with Gasteiger partial charge in [0.2, 0.25) is 0 Å². The first kappa shape index (κ1) is 30.2. The molecule has 0 radical (unpaired) electrons. The van der Waals surface area contributed by atoms with Crippen molar-refractivity contribution >= 4 is 7.82 Å². The fraction of sp³-hybridized carbons (Fsp3) is 0.818. The first-order valence-corrected chi connectivity index (χ1v) is 14.1. The Morgan fingerprint density at radius 2 is 1.81 bits per heavy atom. The van der Waals surface area contributed by atoms with Gasteiger partial charge in [-0.3, -0.25) is 18.9 Å². The molecule has 2 rings (SSSR count). The van der Waals surface area contributed by atoms with Gasteiger partial charge in [0.25, 0.3) is 5.56 Å². The second-order valence-corrected chi connectivity index (χ2v) is 10.2. The number of rotatable bonds is 18. The molecule has 204 valence electrons. The highest BCUT2D eigenvalue weighted by molar-refractivity contribution is 7.46. The summed E-state index contributed by atoms with van der Waals surface area (Å²) >= 11 is 0. The molecule has 0 aromatic carbocycles. The van der Waals surface area contributed by atoms with Crippen LogP contribution in [-0.4, -0.2) is 44.7 Å².